The van der Waals surface area contributed by atoms with Gasteiger partial charge in [-0.2, -0.15) is 0 Å². The van der Waals surface area contributed by atoms with E-state index in [9.17, 15) is 0 Å². The topological polar surface area (TPSA) is 47.7 Å². The summed E-state index contributed by atoms with van der Waals surface area (Å²) >= 11 is 0. The largest absolute Gasteiger partial charge is 0.493 e. The molecule has 0 radical (unpaired) electrons. The van der Waals surface area contributed by atoms with Crippen LogP contribution >= 0.6 is 0 Å². The number of benzene rings is 3. The van der Waals surface area contributed by atoms with Crippen molar-refractivity contribution >= 4 is 0 Å². The van der Waals surface area contributed by atoms with Gasteiger partial charge in [0.2, 0.25) is 0 Å². The van der Waals surface area contributed by atoms with Crippen molar-refractivity contribution in [1.29, 1.82) is 0 Å². The van der Waals surface area contributed by atoms with E-state index in [4.69, 9.17) is 15.2 Å². The van der Waals surface area contributed by atoms with Crippen LogP contribution in [-0.4, -0.2) is 25.1 Å². The van der Waals surface area contributed by atoms with Crippen LogP contribution in [0.2, 0.25) is 0 Å². The molecule has 0 unspecified atom stereocenters. The first-order valence-corrected chi connectivity index (χ1v) is 9.58. The summed E-state index contributed by atoms with van der Waals surface area (Å²) in [6.07, 6.45) is 0. The van der Waals surface area contributed by atoms with Crippen molar-refractivity contribution < 1.29 is 9.47 Å². The molecule has 146 valence electrons. The molecule has 0 atom stereocenters. The summed E-state index contributed by atoms with van der Waals surface area (Å²) in [7, 11) is 1.68. The fourth-order valence-corrected chi connectivity index (χ4v) is 3.16. The van der Waals surface area contributed by atoms with E-state index in [0.29, 0.717) is 13.2 Å². The first-order chi connectivity index (χ1) is 13.8. The van der Waals surface area contributed by atoms with Crippen molar-refractivity contribution in [2.24, 2.45) is 5.73 Å². The van der Waals surface area contributed by atoms with Gasteiger partial charge < -0.3 is 15.2 Å². The lowest BCUT2D eigenvalue weighted by atomic mass is 10.1. The zero-order valence-corrected chi connectivity index (χ0v) is 16.4. The number of hydrogen-bond acceptors (Lipinski definition) is 4. The van der Waals surface area contributed by atoms with E-state index in [1.807, 2.05) is 30.3 Å². The van der Waals surface area contributed by atoms with Gasteiger partial charge in [-0.3, -0.25) is 4.90 Å². The highest BCUT2D eigenvalue weighted by atomic mass is 16.5. The van der Waals surface area contributed by atoms with Crippen LogP contribution in [0.25, 0.3) is 0 Å². The Balaban J connectivity index is 1.67. The maximum atomic E-state index is 5.96. The molecular formula is C24H28N2O2. The fourth-order valence-electron chi connectivity index (χ4n) is 3.16. The number of rotatable bonds is 10. The van der Waals surface area contributed by atoms with Crippen LogP contribution in [0.5, 0.6) is 11.5 Å². The SMILES string of the molecule is COc1cc(CN(CCN)Cc2ccccc2)ccc1OCc1ccccc1. The summed E-state index contributed by atoms with van der Waals surface area (Å²) in [6, 6.07) is 26.7. The van der Waals surface area contributed by atoms with Gasteiger partial charge in [-0.15, -0.1) is 0 Å². The molecule has 3 aromatic rings. The Bertz CT molecular complexity index is 838. The number of hydrogen-bond donors (Lipinski definition) is 1. The molecule has 0 aliphatic rings. The van der Waals surface area contributed by atoms with E-state index in [1.165, 1.54) is 11.1 Å². The number of ether oxygens (including phenoxy) is 2. The van der Waals surface area contributed by atoms with E-state index >= 15 is 0 Å². The van der Waals surface area contributed by atoms with Crippen molar-refractivity contribution in [1.82, 2.24) is 4.90 Å². The second-order valence-corrected chi connectivity index (χ2v) is 6.74. The van der Waals surface area contributed by atoms with Crippen LogP contribution in [0.3, 0.4) is 0 Å². The predicted octanol–water partition coefficient (Wildman–Crippen LogP) is 4.24. The molecule has 0 saturated carbocycles. The molecule has 4 heteroatoms. The van der Waals surface area contributed by atoms with Crippen LogP contribution in [0.4, 0.5) is 0 Å². The van der Waals surface area contributed by atoms with Crippen LogP contribution < -0.4 is 15.2 Å². The lowest BCUT2D eigenvalue weighted by Gasteiger charge is -2.22. The summed E-state index contributed by atoms with van der Waals surface area (Å²) in [4.78, 5) is 2.34. The summed E-state index contributed by atoms with van der Waals surface area (Å²) in [5, 5.41) is 0. The van der Waals surface area contributed by atoms with Crippen LogP contribution in [0.15, 0.2) is 78.9 Å². The second kappa shape index (κ2) is 10.5. The van der Waals surface area contributed by atoms with E-state index in [-0.39, 0.29) is 0 Å². The van der Waals surface area contributed by atoms with Gasteiger partial charge in [-0.05, 0) is 28.8 Å². The average molecular weight is 377 g/mol. The molecule has 3 rings (SSSR count). The lowest BCUT2D eigenvalue weighted by Crippen LogP contribution is -2.28. The van der Waals surface area contributed by atoms with Gasteiger partial charge in [0.25, 0.3) is 0 Å². The minimum Gasteiger partial charge on any atom is -0.493 e. The molecule has 0 aliphatic carbocycles. The molecule has 28 heavy (non-hydrogen) atoms. The Morgan fingerprint density at radius 3 is 2.04 bits per heavy atom. The van der Waals surface area contributed by atoms with Gasteiger partial charge >= 0.3 is 0 Å². The maximum absolute atomic E-state index is 5.96. The second-order valence-electron chi connectivity index (χ2n) is 6.74. The molecule has 3 aromatic carbocycles. The van der Waals surface area contributed by atoms with Crippen LogP contribution in [0, 0.1) is 0 Å². The summed E-state index contributed by atoms with van der Waals surface area (Å²) in [5.74, 6) is 1.50. The van der Waals surface area contributed by atoms with E-state index < -0.39 is 0 Å². The molecule has 0 aromatic heterocycles. The number of methoxy groups -OCH3 is 1. The highest BCUT2D eigenvalue weighted by Crippen LogP contribution is 2.29. The monoisotopic (exact) mass is 376 g/mol. The molecule has 0 spiro atoms. The summed E-state index contributed by atoms with van der Waals surface area (Å²) in [6.45, 7) is 3.66. The molecule has 2 N–H and O–H groups in total. The molecule has 0 aliphatic heterocycles. The van der Waals surface area contributed by atoms with Crippen LogP contribution in [-0.2, 0) is 19.7 Å². The van der Waals surface area contributed by atoms with Gasteiger partial charge in [-0.1, -0.05) is 66.7 Å². The smallest absolute Gasteiger partial charge is 0.161 e. The molecule has 4 nitrogen and oxygen atoms in total. The Labute approximate surface area is 167 Å². The van der Waals surface area contributed by atoms with Crippen molar-refractivity contribution in [3.63, 3.8) is 0 Å². The first-order valence-electron chi connectivity index (χ1n) is 9.58. The first kappa shape index (κ1) is 19.9. The standard InChI is InChI=1S/C24H28N2O2/c1-27-24-16-22(12-13-23(24)28-19-21-10-6-3-7-11-21)18-26(15-14-25)17-20-8-4-2-5-9-20/h2-13,16H,14-15,17-19,25H2,1H3. The Hall–Kier alpha value is -2.82. The number of nitrogens with two attached hydrogens (primary N) is 1. The molecule has 0 saturated heterocycles. The van der Waals surface area contributed by atoms with Gasteiger partial charge in [0.1, 0.15) is 6.61 Å². The Morgan fingerprint density at radius 2 is 1.39 bits per heavy atom. The van der Waals surface area contributed by atoms with Gasteiger partial charge in [0.05, 0.1) is 7.11 Å². The summed E-state index contributed by atoms with van der Waals surface area (Å²) < 4.78 is 11.5. The van der Waals surface area contributed by atoms with Gasteiger partial charge in [0.15, 0.2) is 11.5 Å². The van der Waals surface area contributed by atoms with Crippen molar-refractivity contribution in [2.75, 3.05) is 20.2 Å². The third-order valence-corrected chi connectivity index (χ3v) is 4.57. The third-order valence-electron chi connectivity index (χ3n) is 4.57. The van der Waals surface area contributed by atoms with E-state index in [1.54, 1.807) is 7.11 Å². The van der Waals surface area contributed by atoms with E-state index in [2.05, 4.69) is 53.4 Å². The Morgan fingerprint density at radius 1 is 0.750 bits per heavy atom. The highest BCUT2D eigenvalue weighted by Gasteiger charge is 2.10. The lowest BCUT2D eigenvalue weighted by molar-refractivity contribution is 0.262. The van der Waals surface area contributed by atoms with Gasteiger partial charge in [0, 0.05) is 26.2 Å². The van der Waals surface area contributed by atoms with Crippen molar-refractivity contribution in [3.8, 4) is 11.5 Å². The zero-order valence-electron chi connectivity index (χ0n) is 16.4. The Kier molecular flexibility index (Phi) is 7.47. The quantitative estimate of drug-likeness (QED) is 0.575. The van der Waals surface area contributed by atoms with Gasteiger partial charge in [-0.25, -0.2) is 0 Å². The molecule has 0 heterocycles. The molecular weight excluding hydrogens is 348 g/mol. The normalized spacial score (nSPS) is 10.8. The van der Waals surface area contributed by atoms with Crippen LogP contribution in [0.1, 0.15) is 16.7 Å². The molecule has 0 bridgehead atoms. The minimum atomic E-state index is 0.518. The minimum absolute atomic E-state index is 0.518. The van der Waals surface area contributed by atoms with E-state index in [0.717, 1.165) is 36.7 Å². The third kappa shape index (κ3) is 5.84. The molecule has 0 amide bonds. The van der Waals surface area contributed by atoms with Crippen molar-refractivity contribution in [2.45, 2.75) is 19.7 Å². The zero-order chi connectivity index (χ0) is 19.6. The number of nitrogens with zero attached hydrogens (tertiary/aromatic N) is 1. The molecule has 0 fully saturated rings. The predicted molar refractivity (Wildman–Crippen MR) is 113 cm³/mol. The fraction of sp³-hybridized carbons (Fsp3) is 0.250. The summed E-state index contributed by atoms with van der Waals surface area (Å²) in [5.41, 5.74) is 9.41. The maximum Gasteiger partial charge on any atom is 0.161 e. The average Bonchev–Trinajstić information content (AvgIpc) is 2.74. The van der Waals surface area contributed by atoms with Crippen molar-refractivity contribution in [3.05, 3.63) is 95.6 Å². The highest BCUT2D eigenvalue weighted by molar-refractivity contribution is 5.43.